The summed E-state index contributed by atoms with van der Waals surface area (Å²) in [5.74, 6) is 0.274. The van der Waals surface area contributed by atoms with Gasteiger partial charge in [-0.05, 0) is 61.4 Å². The number of carbonyl (C=O) groups excluding carboxylic acids is 1. The van der Waals surface area contributed by atoms with Gasteiger partial charge in [0.05, 0.1) is 27.9 Å². The summed E-state index contributed by atoms with van der Waals surface area (Å²) in [4.78, 5) is 17.4. The summed E-state index contributed by atoms with van der Waals surface area (Å²) in [5, 5.41) is 3.20. The zero-order valence-corrected chi connectivity index (χ0v) is 19.3. The largest absolute Gasteiger partial charge is 0.497 e. The minimum Gasteiger partial charge on any atom is -0.497 e. The molecule has 0 aliphatic heterocycles. The van der Waals surface area contributed by atoms with Crippen molar-refractivity contribution in [2.24, 2.45) is 0 Å². The average Bonchev–Trinajstić information content (AvgIpc) is 3.16. The molecule has 1 heterocycles. The number of rotatable bonds is 6. The van der Waals surface area contributed by atoms with E-state index in [1.165, 1.54) is 23.5 Å². The van der Waals surface area contributed by atoms with Gasteiger partial charge in [0, 0.05) is 5.56 Å². The van der Waals surface area contributed by atoms with E-state index in [0.717, 1.165) is 15.8 Å². The van der Waals surface area contributed by atoms with Crippen molar-refractivity contribution in [3.63, 3.8) is 0 Å². The first-order chi connectivity index (χ1) is 15.3. The van der Waals surface area contributed by atoms with Crippen LogP contribution in [0.2, 0.25) is 0 Å². The lowest BCUT2D eigenvalue weighted by molar-refractivity contribution is 0.102. The fourth-order valence-electron chi connectivity index (χ4n) is 3.15. The Bertz CT molecular complexity index is 1430. The summed E-state index contributed by atoms with van der Waals surface area (Å²) in [6, 6.07) is 17.0. The summed E-state index contributed by atoms with van der Waals surface area (Å²) >= 11 is 1.32. The Balaban J connectivity index is 1.61. The zero-order valence-electron chi connectivity index (χ0n) is 17.7. The molecule has 9 heteroatoms. The van der Waals surface area contributed by atoms with Crippen LogP contribution < -0.4 is 14.8 Å². The molecule has 0 unspecified atom stereocenters. The molecule has 0 bridgehead atoms. The highest BCUT2D eigenvalue weighted by atomic mass is 32.2. The number of anilines is 2. The molecule has 0 saturated heterocycles. The molecular formula is C23H21N3O4S2. The molecule has 4 aromatic rings. The highest BCUT2D eigenvalue weighted by Crippen LogP contribution is 2.30. The Kier molecular flexibility index (Phi) is 5.86. The number of thiazole rings is 1. The van der Waals surface area contributed by atoms with Crippen LogP contribution in [0.3, 0.4) is 0 Å². The second kappa shape index (κ2) is 8.60. The van der Waals surface area contributed by atoms with Crippen molar-refractivity contribution in [1.82, 2.24) is 4.98 Å². The summed E-state index contributed by atoms with van der Waals surface area (Å²) in [7, 11) is -2.28. The number of sulfonamides is 1. The van der Waals surface area contributed by atoms with Crippen molar-refractivity contribution >= 4 is 48.3 Å². The molecule has 1 amide bonds. The summed E-state index contributed by atoms with van der Waals surface area (Å²) in [5.41, 5.74) is 2.94. The molecule has 0 aliphatic carbocycles. The number of ether oxygens (including phenoxy) is 1. The van der Waals surface area contributed by atoms with Gasteiger partial charge in [0.15, 0.2) is 5.13 Å². The standard InChI is InChI=1S/C23H21N3O4S2/c1-14-8-10-17(32(28,29)26-19-7-5-4-6-15(19)2)13-18(14)22(27)25-23-24-20-11-9-16(30-3)12-21(20)31-23/h4-13,26H,1-3H3,(H,24,25,27). The summed E-state index contributed by atoms with van der Waals surface area (Å²) in [6.45, 7) is 3.57. The first kappa shape index (κ1) is 21.8. The average molecular weight is 468 g/mol. The Morgan fingerprint density at radius 1 is 1.00 bits per heavy atom. The number of hydrogen-bond donors (Lipinski definition) is 2. The van der Waals surface area contributed by atoms with Crippen LogP contribution in [0.4, 0.5) is 10.8 Å². The van der Waals surface area contributed by atoms with Gasteiger partial charge in [-0.25, -0.2) is 13.4 Å². The number of benzene rings is 3. The van der Waals surface area contributed by atoms with E-state index in [4.69, 9.17) is 4.74 Å². The van der Waals surface area contributed by atoms with Gasteiger partial charge in [0.25, 0.3) is 15.9 Å². The first-order valence-electron chi connectivity index (χ1n) is 9.72. The molecular weight excluding hydrogens is 446 g/mol. The normalized spacial score (nSPS) is 11.3. The van der Waals surface area contributed by atoms with Crippen molar-refractivity contribution in [1.29, 1.82) is 0 Å². The number of nitrogens with one attached hydrogen (secondary N) is 2. The maximum atomic E-state index is 12.9. The number of aromatic nitrogens is 1. The first-order valence-corrected chi connectivity index (χ1v) is 12.0. The molecule has 0 fully saturated rings. The second-order valence-electron chi connectivity index (χ2n) is 7.20. The van der Waals surface area contributed by atoms with Crippen molar-refractivity contribution < 1.29 is 17.9 Å². The van der Waals surface area contributed by atoms with Crippen LogP contribution in [0.25, 0.3) is 10.2 Å². The minimum atomic E-state index is -3.87. The van der Waals surface area contributed by atoms with Gasteiger partial charge in [-0.15, -0.1) is 0 Å². The predicted molar refractivity (Wildman–Crippen MR) is 127 cm³/mol. The molecule has 164 valence electrons. The fraction of sp³-hybridized carbons (Fsp3) is 0.130. The predicted octanol–water partition coefficient (Wildman–Crippen LogP) is 4.97. The number of amides is 1. The molecule has 0 saturated carbocycles. The van der Waals surface area contributed by atoms with Crippen LogP contribution in [0.1, 0.15) is 21.5 Å². The smallest absolute Gasteiger partial charge is 0.261 e. The molecule has 3 aromatic carbocycles. The quantitative estimate of drug-likeness (QED) is 0.417. The van der Waals surface area contributed by atoms with Crippen LogP contribution in [0.15, 0.2) is 65.6 Å². The van der Waals surface area contributed by atoms with Crippen molar-refractivity contribution in [2.75, 3.05) is 17.1 Å². The van der Waals surface area contributed by atoms with Gasteiger partial charge in [0.2, 0.25) is 0 Å². The molecule has 4 rings (SSSR count). The Labute approximate surface area is 190 Å². The third-order valence-corrected chi connectivity index (χ3v) is 7.27. The third kappa shape index (κ3) is 4.44. The minimum absolute atomic E-state index is 0.00513. The van der Waals surface area contributed by atoms with Crippen LogP contribution in [-0.4, -0.2) is 26.4 Å². The Morgan fingerprint density at radius 3 is 2.53 bits per heavy atom. The van der Waals surface area contributed by atoms with Gasteiger partial charge in [0.1, 0.15) is 5.75 Å². The van der Waals surface area contributed by atoms with Crippen molar-refractivity contribution in [3.05, 3.63) is 77.4 Å². The monoisotopic (exact) mass is 467 g/mol. The Hall–Kier alpha value is -3.43. The molecule has 0 aliphatic rings. The van der Waals surface area contributed by atoms with E-state index in [1.807, 2.05) is 31.2 Å². The lowest BCUT2D eigenvalue weighted by Crippen LogP contribution is -2.17. The summed E-state index contributed by atoms with van der Waals surface area (Å²) in [6.07, 6.45) is 0. The maximum Gasteiger partial charge on any atom is 0.261 e. The highest BCUT2D eigenvalue weighted by Gasteiger charge is 2.20. The molecule has 7 nitrogen and oxygen atoms in total. The van der Waals surface area contributed by atoms with Crippen LogP contribution in [0.5, 0.6) is 5.75 Å². The van der Waals surface area contributed by atoms with Crippen molar-refractivity contribution in [3.8, 4) is 5.75 Å². The number of aryl methyl sites for hydroxylation is 2. The van der Waals surface area contributed by atoms with Crippen LogP contribution in [-0.2, 0) is 10.0 Å². The van der Waals surface area contributed by atoms with Gasteiger partial charge in [-0.3, -0.25) is 14.8 Å². The molecule has 0 atom stereocenters. The molecule has 0 radical (unpaired) electrons. The van der Waals surface area contributed by atoms with E-state index in [-0.39, 0.29) is 10.5 Å². The van der Waals surface area contributed by atoms with E-state index < -0.39 is 15.9 Å². The van der Waals surface area contributed by atoms with E-state index in [0.29, 0.717) is 22.1 Å². The molecule has 0 spiro atoms. The number of para-hydroxylation sites is 1. The molecule has 32 heavy (non-hydrogen) atoms. The number of nitrogens with zero attached hydrogens (tertiary/aromatic N) is 1. The van der Waals surface area contributed by atoms with Crippen molar-refractivity contribution in [2.45, 2.75) is 18.7 Å². The van der Waals surface area contributed by atoms with E-state index in [9.17, 15) is 13.2 Å². The van der Waals surface area contributed by atoms with Gasteiger partial charge in [-0.1, -0.05) is 35.6 Å². The van der Waals surface area contributed by atoms with Gasteiger partial charge < -0.3 is 4.74 Å². The van der Waals surface area contributed by atoms with Crippen LogP contribution in [0, 0.1) is 13.8 Å². The molecule has 1 aromatic heterocycles. The second-order valence-corrected chi connectivity index (χ2v) is 9.92. The number of carbonyl (C=O) groups is 1. The van der Waals surface area contributed by atoms with E-state index >= 15 is 0 Å². The maximum absolute atomic E-state index is 12.9. The summed E-state index contributed by atoms with van der Waals surface area (Å²) < 4.78 is 34.5. The molecule has 2 N–H and O–H groups in total. The van der Waals surface area contributed by atoms with Gasteiger partial charge >= 0.3 is 0 Å². The SMILES string of the molecule is COc1ccc2nc(NC(=O)c3cc(S(=O)(=O)Nc4ccccc4C)ccc3C)sc2c1. The number of methoxy groups -OCH3 is 1. The van der Waals surface area contributed by atoms with Gasteiger partial charge in [-0.2, -0.15) is 0 Å². The topological polar surface area (TPSA) is 97.4 Å². The fourth-order valence-corrected chi connectivity index (χ4v) is 5.20. The van der Waals surface area contributed by atoms with E-state index in [1.54, 1.807) is 38.3 Å². The van der Waals surface area contributed by atoms with E-state index in [2.05, 4.69) is 15.0 Å². The lowest BCUT2D eigenvalue weighted by atomic mass is 10.1. The Morgan fingerprint density at radius 2 is 1.78 bits per heavy atom. The highest BCUT2D eigenvalue weighted by molar-refractivity contribution is 7.92. The van der Waals surface area contributed by atoms with Crippen LogP contribution >= 0.6 is 11.3 Å². The zero-order chi connectivity index (χ0) is 22.9. The number of hydrogen-bond acceptors (Lipinski definition) is 6. The lowest BCUT2D eigenvalue weighted by Gasteiger charge is -2.12. The third-order valence-electron chi connectivity index (χ3n) is 4.97. The number of fused-ring (bicyclic) bond motifs is 1.